The molecule has 176 valence electrons. The van der Waals surface area contributed by atoms with Gasteiger partial charge in [0.15, 0.2) is 11.5 Å². The summed E-state index contributed by atoms with van der Waals surface area (Å²) in [6.07, 6.45) is -4.55. The summed E-state index contributed by atoms with van der Waals surface area (Å²) in [6, 6.07) is 10.4. The first-order chi connectivity index (χ1) is 15.6. The molecule has 0 unspecified atom stereocenters. The Morgan fingerprint density at radius 2 is 1.88 bits per heavy atom. The number of alkyl halides is 3. The molecule has 3 rings (SSSR count). The number of para-hydroxylation sites is 1. The van der Waals surface area contributed by atoms with Crippen LogP contribution in [-0.4, -0.2) is 46.5 Å². The molecule has 1 heterocycles. The third-order valence-electron chi connectivity index (χ3n) is 4.56. The van der Waals surface area contributed by atoms with E-state index in [1.807, 2.05) is 0 Å². The molecule has 33 heavy (non-hydrogen) atoms. The van der Waals surface area contributed by atoms with Crippen molar-refractivity contribution >= 4 is 17.9 Å². The second-order valence-electron chi connectivity index (χ2n) is 6.87. The molecule has 0 aliphatic heterocycles. The lowest BCUT2D eigenvalue weighted by Gasteiger charge is -2.23. The lowest BCUT2D eigenvalue weighted by Crippen LogP contribution is -2.35. The van der Waals surface area contributed by atoms with Crippen LogP contribution in [0.3, 0.4) is 0 Å². The van der Waals surface area contributed by atoms with Crippen LogP contribution < -0.4 is 9.47 Å². The summed E-state index contributed by atoms with van der Waals surface area (Å²) in [5.41, 5.74) is 0.319. The van der Waals surface area contributed by atoms with Gasteiger partial charge in [0.2, 0.25) is 5.89 Å². The predicted molar refractivity (Wildman–Crippen MR) is 113 cm³/mol. The summed E-state index contributed by atoms with van der Waals surface area (Å²) in [5, 5.41) is 15.4. The van der Waals surface area contributed by atoms with Crippen LogP contribution in [0.1, 0.15) is 5.56 Å². The van der Waals surface area contributed by atoms with Gasteiger partial charge in [-0.05, 0) is 30.4 Å². The second kappa shape index (κ2) is 10.0. The van der Waals surface area contributed by atoms with E-state index in [4.69, 9.17) is 26.1 Å². The van der Waals surface area contributed by atoms with Crippen LogP contribution in [0.15, 0.2) is 46.9 Å². The highest BCUT2D eigenvalue weighted by atomic mass is 32.1. The number of benzene rings is 2. The molecule has 1 aromatic heterocycles. The van der Waals surface area contributed by atoms with Crippen molar-refractivity contribution in [2.75, 3.05) is 20.8 Å². The zero-order valence-corrected chi connectivity index (χ0v) is 18.4. The maximum Gasteiger partial charge on any atom is 0.401 e. The van der Waals surface area contributed by atoms with E-state index in [1.165, 1.54) is 38.5 Å². The molecule has 0 saturated carbocycles. The Bertz CT molecular complexity index is 1190. The highest BCUT2D eigenvalue weighted by molar-refractivity contribution is 7.71. The summed E-state index contributed by atoms with van der Waals surface area (Å²) < 4.78 is 56.6. The fourth-order valence-electron chi connectivity index (χ4n) is 3.14. The number of ether oxygens (including phenoxy) is 2. The zero-order chi connectivity index (χ0) is 24.2. The topological polar surface area (TPSA) is 95.8 Å². The molecule has 0 N–H and O–H groups in total. The summed E-state index contributed by atoms with van der Waals surface area (Å²) >= 11 is 5.14. The van der Waals surface area contributed by atoms with Crippen molar-refractivity contribution in [1.29, 1.82) is 0 Å². The normalized spacial score (nSPS) is 11.6. The van der Waals surface area contributed by atoms with Crippen LogP contribution in [-0.2, 0) is 13.2 Å². The van der Waals surface area contributed by atoms with Crippen molar-refractivity contribution in [3.63, 3.8) is 0 Å². The van der Waals surface area contributed by atoms with Gasteiger partial charge in [0.25, 0.3) is 10.5 Å². The fourth-order valence-corrected chi connectivity index (χ4v) is 3.32. The Hall–Kier alpha value is -3.45. The molecular formula is C20H19F3N4O5S. The molecule has 0 spiro atoms. The van der Waals surface area contributed by atoms with Crippen LogP contribution in [0.4, 0.5) is 18.9 Å². The highest BCUT2D eigenvalue weighted by Crippen LogP contribution is 2.32. The van der Waals surface area contributed by atoms with Gasteiger partial charge in [-0.25, -0.2) is 4.68 Å². The maximum atomic E-state index is 13.2. The van der Waals surface area contributed by atoms with Gasteiger partial charge in [-0.15, -0.1) is 5.10 Å². The molecule has 0 fully saturated rings. The van der Waals surface area contributed by atoms with E-state index < -0.39 is 24.3 Å². The van der Waals surface area contributed by atoms with Gasteiger partial charge in [-0.3, -0.25) is 15.0 Å². The van der Waals surface area contributed by atoms with Gasteiger partial charge in [-0.1, -0.05) is 18.2 Å². The number of nitro benzene ring substituents is 1. The van der Waals surface area contributed by atoms with Crippen LogP contribution in [0.2, 0.25) is 0 Å². The van der Waals surface area contributed by atoms with Crippen molar-refractivity contribution < 1.29 is 32.0 Å². The van der Waals surface area contributed by atoms with Gasteiger partial charge in [0.05, 0.1) is 32.4 Å². The summed E-state index contributed by atoms with van der Waals surface area (Å²) in [7, 11) is 2.93. The van der Waals surface area contributed by atoms with Crippen molar-refractivity contribution in [1.82, 2.24) is 14.7 Å². The quantitative estimate of drug-likeness (QED) is 0.242. The first-order valence-corrected chi connectivity index (χ1v) is 9.84. The van der Waals surface area contributed by atoms with Gasteiger partial charge < -0.3 is 13.9 Å². The Kier molecular flexibility index (Phi) is 7.33. The molecule has 0 saturated heterocycles. The van der Waals surface area contributed by atoms with Gasteiger partial charge in [0, 0.05) is 23.7 Å². The molecule has 0 radical (unpaired) electrons. The lowest BCUT2D eigenvalue weighted by molar-refractivity contribution is -0.385. The lowest BCUT2D eigenvalue weighted by atomic mass is 10.1. The van der Waals surface area contributed by atoms with E-state index >= 15 is 0 Å². The molecule has 3 aromatic rings. The number of nitrogens with zero attached hydrogens (tertiary/aromatic N) is 4. The van der Waals surface area contributed by atoms with E-state index in [1.54, 1.807) is 18.2 Å². The van der Waals surface area contributed by atoms with Crippen molar-refractivity contribution in [2.24, 2.45) is 0 Å². The summed E-state index contributed by atoms with van der Waals surface area (Å²) in [4.78, 5) is 11.4. The van der Waals surface area contributed by atoms with Crippen molar-refractivity contribution in [3.05, 3.63) is 63.0 Å². The van der Waals surface area contributed by atoms with Gasteiger partial charge >= 0.3 is 6.18 Å². The van der Waals surface area contributed by atoms with E-state index in [0.29, 0.717) is 17.1 Å². The smallest absolute Gasteiger partial charge is 0.401 e. The molecule has 2 aromatic carbocycles. The average Bonchev–Trinajstić information content (AvgIpc) is 3.12. The number of hydrogen-bond donors (Lipinski definition) is 0. The standard InChI is InChI=1S/C20H19F3N4O5S/c1-30-16-8-7-13(9-17(16)31-2)18-24-26(19(33)32-18)12-25(11-20(21,22)23)10-14-5-3-4-6-15(14)27(28)29/h3-9H,10-12H2,1-2H3. The molecule has 13 heteroatoms. The van der Waals surface area contributed by atoms with E-state index in [9.17, 15) is 23.3 Å². The number of nitro groups is 1. The molecule has 9 nitrogen and oxygen atoms in total. The van der Waals surface area contributed by atoms with Crippen molar-refractivity contribution in [3.8, 4) is 23.0 Å². The Morgan fingerprint density at radius 3 is 2.52 bits per heavy atom. The summed E-state index contributed by atoms with van der Waals surface area (Å²) in [6.45, 7) is -2.09. The van der Waals surface area contributed by atoms with Crippen LogP contribution >= 0.6 is 12.2 Å². The molecule has 0 aliphatic rings. The predicted octanol–water partition coefficient (Wildman–Crippen LogP) is 4.82. The number of methoxy groups -OCH3 is 2. The molecule has 0 aliphatic carbocycles. The number of rotatable bonds is 9. The Balaban J connectivity index is 1.91. The first-order valence-electron chi connectivity index (χ1n) is 9.43. The first kappa shape index (κ1) is 24.2. The Labute approximate surface area is 191 Å². The maximum absolute atomic E-state index is 13.2. The zero-order valence-electron chi connectivity index (χ0n) is 17.5. The fraction of sp³-hybridized carbons (Fsp3) is 0.300. The monoisotopic (exact) mass is 484 g/mol. The third-order valence-corrected chi connectivity index (χ3v) is 4.85. The SMILES string of the molecule is COc1ccc(-c2nn(CN(Cc3ccccc3[N+](=O)[O-])CC(F)(F)F)c(=S)o2)cc1OC. The summed E-state index contributed by atoms with van der Waals surface area (Å²) in [5.74, 6) is 0.944. The van der Waals surface area contributed by atoms with E-state index in [2.05, 4.69) is 5.10 Å². The molecule has 0 amide bonds. The minimum absolute atomic E-state index is 0.0682. The van der Waals surface area contributed by atoms with E-state index in [-0.39, 0.29) is 28.5 Å². The van der Waals surface area contributed by atoms with Crippen LogP contribution in [0, 0.1) is 15.0 Å². The average molecular weight is 484 g/mol. The third kappa shape index (κ3) is 6.08. The number of aromatic nitrogens is 2. The molecule has 0 atom stereocenters. The second-order valence-corrected chi connectivity index (χ2v) is 7.22. The molecule has 0 bridgehead atoms. The van der Waals surface area contributed by atoms with Gasteiger partial charge in [-0.2, -0.15) is 13.2 Å². The Morgan fingerprint density at radius 1 is 1.18 bits per heavy atom. The molecular weight excluding hydrogens is 465 g/mol. The van der Waals surface area contributed by atoms with E-state index in [0.717, 1.165) is 9.58 Å². The number of hydrogen-bond acceptors (Lipinski definition) is 8. The van der Waals surface area contributed by atoms with Crippen molar-refractivity contribution in [2.45, 2.75) is 19.4 Å². The van der Waals surface area contributed by atoms with Crippen LogP contribution in [0.5, 0.6) is 11.5 Å². The highest BCUT2D eigenvalue weighted by Gasteiger charge is 2.32. The minimum Gasteiger partial charge on any atom is -0.493 e. The largest absolute Gasteiger partial charge is 0.493 e. The number of halogens is 3. The van der Waals surface area contributed by atoms with Gasteiger partial charge in [0.1, 0.15) is 0 Å². The minimum atomic E-state index is -4.55. The van der Waals surface area contributed by atoms with Crippen LogP contribution in [0.25, 0.3) is 11.5 Å².